The molecule has 35 heavy (non-hydrogen) atoms. The van der Waals surface area contributed by atoms with Gasteiger partial charge in [-0.15, -0.1) is 21.5 Å². The Morgan fingerprint density at radius 2 is 1.80 bits per heavy atom. The van der Waals surface area contributed by atoms with E-state index in [4.69, 9.17) is 11.6 Å². The van der Waals surface area contributed by atoms with Crippen LogP contribution in [0.4, 0.5) is 0 Å². The van der Waals surface area contributed by atoms with E-state index in [0.29, 0.717) is 24.0 Å². The number of fused-ring (bicyclic) bond motifs is 2. The highest BCUT2D eigenvalue weighted by molar-refractivity contribution is 7.16. The Morgan fingerprint density at radius 3 is 2.43 bits per heavy atom. The Balaban J connectivity index is 1.25. The zero-order valence-electron chi connectivity index (χ0n) is 21.4. The smallest absolute Gasteiger partial charge is 0.223 e. The highest BCUT2D eigenvalue weighted by Gasteiger charge is 2.42. The number of hydrogen-bond acceptors (Lipinski definition) is 5. The highest BCUT2D eigenvalue weighted by Crippen LogP contribution is 2.42. The van der Waals surface area contributed by atoms with E-state index >= 15 is 0 Å². The van der Waals surface area contributed by atoms with Crippen LogP contribution in [0.5, 0.6) is 0 Å². The molecule has 0 aromatic carbocycles. The number of carbonyl (C=O) groups excluding carboxylic acids is 1. The molecule has 1 saturated carbocycles. The third-order valence-corrected chi connectivity index (χ3v) is 9.88. The zero-order valence-corrected chi connectivity index (χ0v) is 23.0. The Morgan fingerprint density at radius 1 is 1.09 bits per heavy atom. The second-order valence-electron chi connectivity index (χ2n) is 11.2. The summed E-state index contributed by atoms with van der Waals surface area (Å²) in [6, 6.07) is 5.80. The molecular weight excluding hydrogens is 478 g/mol. The first-order chi connectivity index (χ1) is 16.9. The van der Waals surface area contributed by atoms with E-state index in [2.05, 4.69) is 51.8 Å². The Bertz CT molecular complexity index is 999. The van der Waals surface area contributed by atoms with Crippen LogP contribution in [-0.2, 0) is 4.79 Å². The predicted octanol–water partition coefficient (Wildman–Crippen LogP) is 6.42. The maximum absolute atomic E-state index is 13.1. The molecule has 4 atom stereocenters. The first kappa shape index (κ1) is 25.2. The summed E-state index contributed by atoms with van der Waals surface area (Å²) in [7, 11) is 0. The molecule has 1 unspecified atom stereocenters. The summed E-state index contributed by atoms with van der Waals surface area (Å²) in [6.45, 7) is 7.54. The number of nitrogens with one attached hydrogen (secondary N) is 1. The van der Waals surface area contributed by atoms with Gasteiger partial charge in [0, 0.05) is 41.4 Å². The number of amides is 1. The molecule has 2 aliphatic heterocycles. The van der Waals surface area contributed by atoms with E-state index in [1.165, 1.54) is 49.8 Å². The number of halogens is 1. The van der Waals surface area contributed by atoms with Gasteiger partial charge in [0.2, 0.25) is 5.91 Å². The number of carbonyl (C=O) groups is 1. The van der Waals surface area contributed by atoms with E-state index in [-0.39, 0.29) is 17.9 Å². The SMILES string of the molecule is Cc1nnc(C(C)C)n1C1C[C@H]2CC[C@@H](C1)N2CC[C@H](NC(=O)C1CCCCC1)c1ccc(Cl)s1. The molecule has 1 N–H and O–H groups in total. The lowest BCUT2D eigenvalue weighted by atomic mass is 9.88. The topological polar surface area (TPSA) is 63.1 Å². The molecule has 0 spiro atoms. The van der Waals surface area contributed by atoms with Crippen LogP contribution < -0.4 is 5.32 Å². The van der Waals surface area contributed by atoms with Crippen LogP contribution in [0, 0.1) is 12.8 Å². The van der Waals surface area contributed by atoms with Crippen molar-refractivity contribution in [2.75, 3.05) is 6.54 Å². The standard InChI is InChI=1S/C27H40ClN5OS/c1-17(2)26-31-30-18(3)33(26)22-15-20-9-10-21(16-22)32(20)14-13-23(24-11-12-25(28)35-24)29-27(34)19-7-5-4-6-8-19/h11-12,17,19-23H,4-10,13-16H2,1-3H3,(H,29,34)/t20-,21+,22?,23-/m0/s1. The summed E-state index contributed by atoms with van der Waals surface area (Å²) >= 11 is 7.90. The van der Waals surface area contributed by atoms with Gasteiger partial charge in [-0.1, -0.05) is 44.7 Å². The molecule has 1 aliphatic carbocycles. The van der Waals surface area contributed by atoms with Gasteiger partial charge in [-0.25, -0.2) is 0 Å². The first-order valence-electron chi connectivity index (χ1n) is 13.6. The largest absolute Gasteiger partial charge is 0.348 e. The quantitative estimate of drug-likeness (QED) is 0.438. The molecular formula is C27H40ClN5OS. The fourth-order valence-corrected chi connectivity index (χ4v) is 7.93. The van der Waals surface area contributed by atoms with Gasteiger partial charge in [0.15, 0.2) is 0 Å². The monoisotopic (exact) mass is 517 g/mol. The van der Waals surface area contributed by atoms with Gasteiger partial charge >= 0.3 is 0 Å². The van der Waals surface area contributed by atoms with Gasteiger partial charge < -0.3 is 9.88 Å². The Kier molecular flexibility index (Phi) is 7.85. The third-order valence-electron chi connectivity index (χ3n) is 8.54. The Hall–Kier alpha value is -1.44. The van der Waals surface area contributed by atoms with Crippen LogP contribution in [0.2, 0.25) is 4.34 Å². The first-order valence-corrected chi connectivity index (χ1v) is 14.8. The normalized spacial score (nSPS) is 26.4. The van der Waals surface area contributed by atoms with Gasteiger partial charge in [-0.05, 0) is 64.0 Å². The number of rotatable bonds is 8. The van der Waals surface area contributed by atoms with Crippen molar-refractivity contribution in [3.63, 3.8) is 0 Å². The van der Waals surface area contributed by atoms with E-state index in [9.17, 15) is 4.79 Å². The fourth-order valence-electron chi connectivity index (χ4n) is 6.79. The van der Waals surface area contributed by atoms with Gasteiger partial charge in [0.1, 0.15) is 11.6 Å². The molecule has 0 radical (unpaired) electrons. The molecule has 192 valence electrons. The Labute approximate surface area is 218 Å². The van der Waals surface area contributed by atoms with Crippen molar-refractivity contribution in [2.45, 2.75) is 115 Å². The van der Waals surface area contributed by atoms with Crippen LogP contribution in [0.15, 0.2) is 12.1 Å². The number of nitrogens with zero attached hydrogens (tertiary/aromatic N) is 4. The summed E-state index contributed by atoms with van der Waals surface area (Å²) in [4.78, 5) is 17.0. The van der Waals surface area contributed by atoms with Crippen LogP contribution in [0.25, 0.3) is 0 Å². The van der Waals surface area contributed by atoms with Crippen LogP contribution >= 0.6 is 22.9 Å². The van der Waals surface area contributed by atoms with Crippen molar-refractivity contribution in [3.05, 3.63) is 33.0 Å². The molecule has 8 heteroatoms. The lowest BCUT2D eigenvalue weighted by Gasteiger charge is -2.40. The number of piperidine rings is 1. The van der Waals surface area contributed by atoms with Crippen molar-refractivity contribution >= 4 is 28.8 Å². The molecule has 1 amide bonds. The number of aromatic nitrogens is 3. The molecule has 3 fully saturated rings. The average Bonchev–Trinajstić information content (AvgIpc) is 3.52. The average molecular weight is 518 g/mol. The van der Waals surface area contributed by atoms with Crippen molar-refractivity contribution in [1.29, 1.82) is 0 Å². The lowest BCUT2D eigenvalue weighted by Crippen LogP contribution is -2.45. The van der Waals surface area contributed by atoms with E-state index < -0.39 is 0 Å². The summed E-state index contributed by atoms with van der Waals surface area (Å²) in [5, 5.41) is 12.3. The lowest BCUT2D eigenvalue weighted by molar-refractivity contribution is -0.126. The second kappa shape index (κ2) is 10.9. The van der Waals surface area contributed by atoms with Crippen molar-refractivity contribution < 1.29 is 4.79 Å². The third kappa shape index (κ3) is 5.47. The van der Waals surface area contributed by atoms with E-state index in [1.807, 2.05) is 6.07 Å². The summed E-state index contributed by atoms with van der Waals surface area (Å²) in [6.07, 6.45) is 11.5. The second-order valence-corrected chi connectivity index (χ2v) is 13.0. The summed E-state index contributed by atoms with van der Waals surface area (Å²) in [5.41, 5.74) is 0. The van der Waals surface area contributed by atoms with Crippen LogP contribution in [-0.4, -0.2) is 44.2 Å². The van der Waals surface area contributed by atoms with Crippen molar-refractivity contribution in [2.24, 2.45) is 5.92 Å². The van der Waals surface area contributed by atoms with E-state index in [0.717, 1.165) is 41.8 Å². The molecule has 4 heterocycles. The minimum atomic E-state index is 0.0479. The maximum Gasteiger partial charge on any atom is 0.223 e. The highest BCUT2D eigenvalue weighted by atomic mass is 35.5. The summed E-state index contributed by atoms with van der Waals surface area (Å²) in [5.74, 6) is 2.98. The van der Waals surface area contributed by atoms with Gasteiger partial charge in [0.25, 0.3) is 0 Å². The molecule has 3 aliphatic rings. The molecule has 6 nitrogen and oxygen atoms in total. The number of aryl methyl sites for hydroxylation is 1. The van der Waals surface area contributed by atoms with Gasteiger partial charge in [0.05, 0.1) is 10.4 Å². The molecule has 5 rings (SSSR count). The minimum absolute atomic E-state index is 0.0479. The fraction of sp³-hybridized carbons (Fsp3) is 0.741. The van der Waals surface area contributed by atoms with Crippen molar-refractivity contribution in [3.8, 4) is 0 Å². The summed E-state index contributed by atoms with van der Waals surface area (Å²) < 4.78 is 3.22. The van der Waals surface area contributed by atoms with Crippen LogP contribution in [0.3, 0.4) is 0 Å². The van der Waals surface area contributed by atoms with Gasteiger partial charge in [-0.2, -0.15) is 0 Å². The maximum atomic E-state index is 13.1. The van der Waals surface area contributed by atoms with Gasteiger partial charge in [-0.3, -0.25) is 9.69 Å². The molecule has 2 aromatic rings. The number of thiophene rings is 1. The predicted molar refractivity (Wildman–Crippen MR) is 142 cm³/mol. The molecule has 2 bridgehead atoms. The number of hydrogen-bond donors (Lipinski definition) is 1. The van der Waals surface area contributed by atoms with Crippen molar-refractivity contribution in [1.82, 2.24) is 25.0 Å². The molecule has 2 saturated heterocycles. The zero-order chi connectivity index (χ0) is 24.5. The van der Waals surface area contributed by atoms with Crippen LogP contribution in [0.1, 0.15) is 113 Å². The van der Waals surface area contributed by atoms with E-state index in [1.54, 1.807) is 11.3 Å². The minimum Gasteiger partial charge on any atom is -0.348 e. The molecule has 2 aromatic heterocycles.